The monoisotopic (exact) mass is 333 g/mol. The second-order valence-electron chi connectivity index (χ2n) is 6.59. The molecule has 4 heteroatoms. The first kappa shape index (κ1) is 17.2. The van der Waals surface area contributed by atoms with Crippen molar-refractivity contribution in [3.05, 3.63) is 71.3 Å². The van der Waals surface area contributed by atoms with E-state index in [9.17, 15) is 4.79 Å². The van der Waals surface area contributed by atoms with Crippen LogP contribution in [0.15, 0.2) is 54.6 Å². The SMILES string of the molecule is N#Cc1cccc(C(=O)NCC2CCN(CCc3ccccc3)C2)c1. The van der Waals surface area contributed by atoms with Gasteiger partial charge in [0.15, 0.2) is 0 Å². The molecule has 0 aliphatic carbocycles. The normalized spacial score (nSPS) is 17.2. The molecule has 0 spiro atoms. The minimum atomic E-state index is -0.0974. The lowest BCUT2D eigenvalue weighted by molar-refractivity contribution is 0.0947. The van der Waals surface area contributed by atoms with Crippen molar-refractivity contribution in [2.24, 2.45) is 5.92 Å². The molecule has 25 heavy (non-hydrogen) atoms. The molecule has 1 N–H and O–H groups in total. The smallest absolute Gasteiger partial charge is 0.251 e. The summed E-state index contributed by atoms with van der Waals surface area (Å²) in [6, 6.07) is 19.4. The fourth-order valence-electron chi connectivity index (χ4n) is 3.28. The van der Waals surface area contributed by atoms with Crippen LogP contribution in [0.1, 0.15) is 27.9 Å². The minimum Gasteiger partial charge on any atom is -0.352 e. The van der Waals surface area contributed by atoms with E-state index < -0.39 is 0 Å². The molecule has 1 aliphatic rings. The van der Waals surface area contributed by atoms with E-state index in [2.05, 4.69) is 40.6 Å². The van der Waals surface area contributed by atoms with Gasteiger partial charge in [0.1, 0.15) is 0 Å². The number of benzene rings is 2. The second kappa shape index (κ2) is 8.46. The number of nitriles is 1. The van der Waals surface area contributed by atoms with E-state index in [1.165, 1.54) is 5.56 Å². The zero-order valence-electron chi connectivity index (χ0n) is 14.3. The summed E-state index contributed by atoms with van der Waals surface area (Å²) in [6.07, 6.45) is 2.19. The van der Waals surface area contributed by atoms with Crippen molar-refractivity contribution in [1.29, 1.82) is 5.26 Å². The molecule has 2 aromatic carbocycles. The molecule has 1 amide bonds. The van der Waals surface area contributed by atoms with E-state index in [1.54, 1.807) is 24.3 Å². The molecule has 1 unspecified atom stereocenters. The Labute approximate surface area is 149 Å². The molecule has 4 nitrogen and oxygen atoms in total. The van der Waals surface area contributed by atoms with Crippen LogP contribution >= 0.6 is 0 Å². The summed E-state index contributed by atoms with van der Waals surface area (Å²) in [4.78, 5) is 14.7. The van der Waals surface area contributed by atoms with Crippen LogP contribution in [0.2, 0.25) is 0 Å². The molecule has 1 fully saturated rings. The summed E-state index contributed by atoms with van der Waals surface area (Å²) < 4.78 is 0. The molecule has 0 radical (unpaired) electrons. The molecule has 1 heterocycles. The summed E-state index contributed by atoms with van der Waals surface area (Å²) in [7, 11) is 0. The van der Waals surface area contributed by atoms with Crippen LogP contribution < -0.4 is 5.32 Å². The Hall–Kier alpha value is -2.64. The lowest BCUT2D eigenvalue weighted by Crippen LogP contribution is -2.31. The fraction of sp³-hybridized carbons (Fsp3) is 0.333. The van der Waals surface area contributed by atoms with Crippen LogP contribution in [0.5, 0.6) is 0 Å². The summed E-state index contributed by atoms with van der Waals surface area (Å²) in [5.41, 5.74) is 2.44. The highest BCUT2D eigenvalue weighted by Crippen LogP contribution is 2.16. The Morgan fingerprint density at radius 3 is 2.84 bits per heavy atom. The first-order chi connectivity index (χ1) is 12.2. The molecule has 3 rings (SSSR count). The molecule has 0 aromatic heterocycles. The Kier molecular flexibility index (Phi) is 5.81. The van der Waals surface area contributed by atoms with Crippen molar-refractivity contribution < 1.29 is 4.79 Å². The van der Waals surface area contributed by atoms with E-state index in [4.69, 9.17) is 5.26 Å². The van der Waals surface area contributed by atoms with Crippen molar-refractivity contribution >= 4 is 5.91 Å². The average Bonchev–Trinajstić information content (AvgIpc) is 3.13. The first-order valence-electron chi connectivity index (χ1n) is 8.79. The maximum atomic E-state index is 12.2. The summed E-state index contributed by atoms with van der Waals surface area (Å²) in [5.74, 6) is 0.402. The highest BCUT2D eigenvalue weighted by molar-refractivity contribution is 5.94. The summed E-state index contributed by atoms with van der Waals surface area (Å²) >= 11 is 0. The van der Waals surface area contributed by atoms with E-state index >= 15 is 0 Å². The number of nitrogens with zero attached hydrogens (tertiary/aromatic N) is 2. The van der Waals surface area contributed by atoms with Crippen LogP contribution in [0.4, 0.5) is 0 Å². The van der Waals surface area contributed by atoms with Gasteiger partial charge in [0.25, 0.3) is 5.91 Å². The largest absolute Gasteiger partial charge is 0.352 e. The lowest BCUT2D eigenvalue weighted by Gasteiger charge is -2.16. The number of hydrogen-bond donors (Lipinski definition) is 1. The predicted molar refractivity (Wildman–Crippen MR) is 98.2 cm³/mol. The molecule has 1 aliphatic heterocycles. The molecule has 1 saturated heterocycles. The Balaban J connectivity index is 1.42. The van der Waals surface area contributed by atoms with Crippen molar-refractivity contribution in [3.63, 3.8) is 0 Å². The topological polar surface area (TPSA) is 56.1 Å². The number of carbonyl (C=O) groups is 1. The van der Waals surface area contributed by atoms with Crippen molar-refractivity contribution in [1.82, 2.24) is 10.2 Å². The van der Waals surface area contributed by atoms with Gasteiger partial charge in [-0.05, 0) is 49.1 Å². The van der Waals surface area contributed by atoms with Crippen molar-refractivity contribution in [3.8, 4) is 6.07 Å². The van der Waals surface area contributed by atoms with Gasteiger partial charge in [0.05, 0.1) is 11.6 Å². The van der Waals surface area contributed by atoms with E-state index in [1.807, 2.05) is 6.07 Å². The van der Waals surface area contributed by atoms with Gasteiger partial charge in [-0.25, -0.2) is 0 Å². The van der Waals surface area contributed by atoms with E-state index in [0.717, 1.165) is 32.5 Å². The first-order valence-corrected chi connectivity index (χ1v) is 8.79. The maximum Gasteiger partial charge on any atom is 0.251 e. The number of likely N-dealkylation sites (tertiary alicyclic amines) is 1. The zero-order valence-corrected chi connectivity index (χ0v) is 14.3. The van der Waals surface area contributed by atoms with Crippen LogP contribution in [0.25, 0.3) is 0 Å². The highest BCUT2D eigenvalue weighted by Gasteiger charge is 2.22. The number of amides is 1. The highest BCUT2D eigenvalue weighted by atomic mass is 16.1. The minimum absolute atomic E-state index is 0.0974. The van der Waals surface area contributed by atoms with Gasteiger partial charge in [-0.2, -0.15) is 5.26 Å². The number of hydrogen-bond acceptors (Lipinski definition) is 3. The van der Waals surface area contributed by atoms with Crippen LogP contribution in [0.3, 0.4) is 0 Å². The van der Waals surface area contributed by atoms with Crippen LogP contribution in [-0.4, -0.2) is 37.0 Å². The third-order valence-electron chi connectivity index (χ3n) is 4.73. The zero-order chi connectivity index (χ0) is 17.5. The van der Waals surface area contributed by atoms with Crippen LogP contribution in [0, 0.1) is 17.2 Å². The Morgan fingerprint density at radius 1 is 1.20 bits per heavy atom. The van der Waals surface area contributed by atoms with Gasteiger partial charge < -0.3 is 10.2 Å². The molecule has 0 bridgehead atoms. The van der Waals surface area contributed by atoms with Gasteiger partial charge in [0, 0.05) is 25.2 Å². The summed E-state index contributed by atoms with van der Waals surface area (Å²) in [5, 5.41) is 11.9. The van der Waals surface area contributed by atoms with E-state index in [-0.39, 0.29) is 5.91 Å². The van der Waals surface area contributed by atoms with Gasteiger partial charge in [-0.15, -0.1) is 0 Å². The van der Waals surface area contributed by atoms with Gasteiger partial charge in [-0.1, -0.05) is 36.4 Å². The molecule has 1 atom stereocenters. The third-order valence-corrected chi connectivity index (χ3v) is 4.73. The summed E-state index contributed by atoms with van der Waals surface area (Å²) in [6.45, 7) is 3.89. The van der Waals surface area contributed by atoms with Gasteiger partial charge in [0.2, 0.25) is 0 Å². The molecule has 0 saturated carbocycles. The molecular weight excluding hydrogens is 310 g/mol. The molecule has 128 valence electrons. The standard InChI is InChI=1S/C21H23N3O/c22-14-18-7-4-8-20(13-18)21(25)23-15-19-10-12-24(16-19)11-9-17-5-2-1-3-6-17/h1-8,13,19H,9-12,15-16H2,(H,23,25). The number of nitrogens with one attached hydrogen (secondary N) is 1. The van der Waals surface area contributed by atoms with Gasteiger partial charge >= 0.3 is 0 Å². The third kappa shape index (κ3) is 4.91. The maximum absolute atomic E-state index is 12.2. The van der Waals surface area contributed by atoms with Crippen molar-refractivity contribution in [2.75, 3.05) is 26.2 Å². The number of carbonyl (C=O) groups excluding carboxylic acids is 1. The number of rotatable bonds is 6. The van der Waals surface area contributed by atoms with Crippen LogP contribution in [-0.2, 0) is 6.42 Å². The average molecular weight is 333 g/mol. The quantitative estimate of drug-likeness (QED) is 0.884. The van der Waals surface area contributed by atoms with Crippen molar-refractivity contribution in [2.45, 2.75) is 12.8 Å². The Bertz CT molecular complexity index is 751. The fourth-order valence-corrected chi connectivity index (χ4v) is 3.28. The molecular formula is C21H23N3O. The van der Waals surface area contributed by atoms with E-state index in [0.29, 0.717) is 23.6 Å². The second-order valence-corrected chi connectivity index (χ2v) is 6.59. The predicted octanol–water partition coefficient (Wildman–Crippen LogP) is 2.85. The Morgan fingerprint density at radius 2 is 2.04 bits per heavy atom. The lowest BCUT2D eigenvalue weighted by atomic mass is 10.1. The molecule has 2 aromatic rings. The van der Waals surface area contributed by atoms with Gasteiger partial charge in [-0.3, -0.25) is 4.79 Å².